The molecule has 24 heavy (non-hydrogen) atoms. The largest absolute Gasteiger partial charge is 0.356 e. The van der Waals surface area contributed by atoms with Crippen LogP contribution in [0.2, 0.25) is 0 Å². The van der Waals surface area contributed by atoms with Crippen LogP contribution in [0.3, 0.4) is 0 Å². The van der Waals surface area contributed by atoms with E-state index in [0.717, 1.165) is 30.0 Å². The second-order valence-corrected chi connectivity index (χ2v) is 7.09. The number of pyridine rings is 1. The van der Waals surface area contributed by atoms with Crippen LogP contribution in [0, 0.1) is 11.8 Å². The van der Waals surface area contributed by atoms with Crippen LogP contribution in [0.1, 0.15) is 38.8 Å². The first-order chi connectivity index (χ1) is 11.7. The summed E-state index contributed by atoms with van der Waals surface area (Å²) in [5, 5.41) is 6.69. The summed E-state index contributed by atoms with van der Waals surface area (Å²) in [7, 11) is 1.81. The number of aromatic nitrogens is 1. The molecule has 1 aliphatic heterocycles. The van der Waals surface area contributed by atoms with Crippen LogP contribution in [-0.2, 0) is 6.54 Å². The van der Waals surface area contributed by atoms with Crippen LogP contribution >= 0.6 is 0 Å². The summed E-state index contributed by atoms with van der Waals surface area (Å²) in [4.78, 5) is 11.2. The summed E-state index contributed by atoms with van der Waals surface area (Å²) in [6.45, 7) is 10.2. The summed E-state index contributed by atoms with van der Waals surface area (Å²) < 4.78 is 0. The highest BCUT2D eigenvalue weighted by Gasteiger charge is 2.20. The van der Waals surface area contributed by atoms with Crippen molar-refractivity contribution >= 4 is 5.96 Å². The average molecular weight is 332 g/mol. The number of unbranched alkanes of at least 4 members (excludes halogenated alkanes) is 1. The zero-order chi connectivity index (χ0) is 17.2. The highest BCUT2D eigenvalue weighted by atomic mass is 15.2. The molecule has 1 saturated heterocycles. The molecule has 2 atom stereocenters. The molecule has 1 aromatic heterocycles. The first-order valence-corrected chi connectivity index (χ1v) is 9.24. The Morgan fingerprint density at radius 2 is 2.00 bits per heavy atom. The van der Waals surface area contributed by atoms with Crippen LogP contribution in [0.15, 0.2) is 29.4 Å². The van der Waals surface area contributed by atoms with Crippen LogP contribution in [-0.4, -0.2) is 49.1 Å². The normalized spacial score (nSPS) is 22.4. The molecule has 0 aromatic carbocycles. The lowest BCUT2D eigenvalue weighted by Crippen LogP contribution is -2.40. The molecule has 5 heteroatoms. The van der Waals surface area contributed by atoms with Gasteiger partial charge in [0.1, 0.15) is 0 Å². The van der Waals surface area contributed by atoms with Crippen LogP contribution in [0.4, 0.5) is 0 Å². The van der Waals surface area contributed by atoms with E-state index in [1.165, 1.54) is 38.9 Å². The molecular formula is C19H33N5. The zero-order valence-corrected chi connectivity index (χ0v) is 15.5. The van der Waals surface area contributed by atoms with Gasteiger partial charge in [-0.3, -0.25) is 9.98 Å². The quantitative estimate of drug-likeness (QED) is 0.458. The monoisotopic (exact) mass is 331 g/mol. The molecule has 0 spiro atoms. The third-order valence-corrected chi connectivity index (χ3v) is 4.52. The van der Waals surface area contributed by atoms with Gasteiger partial charge in [-0.2, -0.15) is 0 Å². The van der Waals surface area contributed by atoms with Gasteiger partial charge in [-0.25, -0.2) is 0 Å². The molecule has 2 N–H and O–H groups in total. The smallest absolute Gasteiger partial charge is 0.191 e. The molecule has 0 aliphatic carbocycles. The van der Waals surface area contributed by atoms with Crippen molar-refractivity contribution < 1.29 is 0 Å². The lowest BCUT2D eigenvalue weighted by atomic mass is 9.92. The van der Waals surface area contributed by atoms with Gasteiger partial charge in [-0.05, 0) is 49.8 Å². The van der Waals surface area contributed by atoms with Crippen molar-refractivity contribution in [2.45, 2.75) is 39.7 Å². The number of rotatable bonds is 7. The lowest BCUT2D eigenvalue weighted by Gasteiger charge is -2.34. The Morgan fingerprint density at radius 1 is 1.21 bits per heavy atom. The van der Waals surface area contributed by atoms with Crippen molar-refractivity contribution in [2.75, 3.05) is 33.2 Å². The van der Waals surface area contributed by atoms with E-state index in [0.29, 0.717) is 6.54 Å². The molecule has 0 amide bonds. The standard InChI is InChI=1S/C19H33N5/c1-16-12-17(2)15-24(14-16)11-7-6-10-22-19(20-3)23-13-18-8-4-5-9-21-18/h4-5,8-9,16-17H,6-7,10-15H2,1-3H3,(H2,20,22,23). The number of hydrogen-bond donors (Lipinski definition) is 2. The summed E-state index contributed by atoms with van der Waals surface area (Å²) in [6, 6.07) is 5.95. The van der Waals surface area contributed by atoms with Gasteiger partial charge in [0.25, 0.3) is 0 Å². The number of aliphatic imine (C=N–C) groups is 1. The Kier molecular flexibility index (Phi) is 8.02. The van der Waals surface area contributed by atoms with Crippen molar-refractivity contribution in [3.05, 3.63) is 30.1 Å². The van der Waals surface area contributed by atoms with Gasteiger partial charge in [0.15, 0.2) is 5.96 Å². The average Bonchev–Trinajstić information content (AvgIpc) is 2.57. The van der Waals surface area contributed by atoms with Gasteiger partial charge in [0, 0.05) is 32.9 Å². The van der Waals surface area contributed by atoms with E-state index < -0.39 is 0 Å². The zero-order valence-electron chi connectivity index (χ0n) is 15.5. The molecule has 5 nitrogen and oxygen atoms in total. The Hall–Kier alpha value is -1.62. The molecule has 0 bridgehead atoms. The minimum atomic E-state index is 0.698. The fourth-order valence-electron chi connectivity index (χ4n) is 3.54. The minimum Gasteiger partial charge on any atom is -0.356 e. The molecule has 2 rings (SSSR count). The lowest BCUT2D eigenvalue weighted by molar-refractivity contribution is 0.139. The maximum atomic E-state index is 4.31. The predicted molar refractivity (Wildman–Crippen MR) is 101 cm³/mol. The fourth-order valence-corrected chi connectivity index (χ4v) is 3.54. The van der Waals surface area contributed by atoms with Gasteiger partial charge < -0.3 is 15.5 Å². The van der Waals surface area contributed by atoms with Crippen molar-refractivity contribution in [3.8, 4) is 0 Å². The van der Waals surface area contributed by atoms with Crippen LogP contribution in [0.5, 0.6) is 0 Å². The molecule has 134 valence electrons. The van der Waals surface area contributed by atoms with Gasteiger partial charge in [-0.15, -0.1) is 0 Å². The van der Waals surface area contributed by atoms with E-state index >= 15 is 0 Å². The molecule has 1 fully saturated rings. The van der Waals surface area contributed by atoms with E-state index in [2.05, 4.69) is 39.4 Å². The molecule has 1 aromatic rings. The van der Waals surface area contributed by atoms with Crippen molar-refractivity contribution in [1.82, 2.24) is 20.5 Å². The first-order valence-electron chi connectivity index (χ1n) is 9.24. The first kappa shape index (κ1) is 18.7. The molecule has 1 aliphatic rings. The summed E-state index contributed by atoms with van der Waals surface area (Å²) in [6.07, 6.45) is 5.61. The Labute approximate surface area is 147 Å². The Morgan fingerprint density at radius 3 is 2.67 bits per heavy atom. The molecule has 0 radical (unpaired) electrons. The third-order valence-electron chi connectivity index (χ3n) is 4.52. The number of piperidine rings is 1. The third kappa shape index (κ3) is 6.87. The summed E-state index contributed by atoms with van der Waals surface area (Å²) in [5.74, 6) is 2.55. The molecule has 2 unspecified atom stereocenters. The van der Waals surface area contributed by atoms with Gasteiger partial charge in [0.05, 0.1) is 12.2 Å². The van der Waals surface area contributed by atoms with Crippen molar-refractivity contribution in [2.24, 2.45) is 16.8 Å². The Balaban J connectivity index is 1.57. The fraction of sp³-hybridized carbons (Fsp3) is 0.684. The second-order valence-electron chi connectivity index (χ2n) is 7.09. The highest BCUT2D eigenvalue weighted by Crippen LogP contribution is 2.20. The van der Waals surface area contributed by atoms with Gasteiger partial charge >= 0.3 is 0 Å². The summed E-state index contributed by atoms with van der Waals surface area (Å²) in [5.41, 5.74) is 1.02. The van der Waals surface area contributed by atoms with E-state index in [4.69, 9.17) is 0 Å². The maximum Gasteiger partial charge on any atom is 0.191 e. The highest BCUT2D eigenvalue weighted by molar-refractivity contribution is 5.79. The van der Waals surface area contributed by atoms with E-state index in [9.17, 15) is 0 Å². The van der Waals surface area contributed by atoms with E-state index in [1.807, 2.05) is 31.4 Å². The molecule has 2 heterocycles. The number of nitrogens with zero attached hydrogens (tertiary/aromatic N) is 3. The van der Waals surface area contributed by atoms with Crippen LogP contribution < -0.4 is 10.6 Å². The van der Waals surface area contributed by atoms with Crippen LogP contribution in [0.25, 0.3) is 0 Å². The second kappa shape index (κ2) is 10.3. The molecular weight excluding hydrogens is 298 g/mol. The molecule has 0 saturated carbocycles. The maximum absolute atomic E-state index is 4.31. The van der Waals surface area contributed by atoms with Gasteiger partial charge in [-0.1, -0.05) is 19.9 Å². The van der Waals surface area contributed by atoms with Crippen molar-refractivity contribution in [1.29, 1.82) is 0 Å². The Bertz CT molecular complexity index is 478. The van der Waals surface area contributed by atoms with Crippen molar-refractivity contribution in [3.63, 3.8) is 0 Å². The summed E-state index contributed by atoms with van der Waals surface area (Å²) >= 11 is 0. The number of hydrogen-bond acceptors (Lipinski definition) is 3. The number of guanidine groups is 1. The number of nitrogens with one attached hydrogen (secondary N) is 2. The topological polar surface area (TPSA) is 52.6 Å². The van der Waals surface area contributed by atoms with Gasteiger partial charge in [0.2, 0.25) is 0 Å². The van der Waals surface area contributed by atoms with E-state index in [-0.39, 0.29) is 0 Å². The van der Waals surface area contributed by atoms with E-state index in [1.54, 1.807) is 0 Å². The predicted octanol–water partition coefficient (Wildman–Crippen LogP) is 2.50. The SMILES string of the molecule is CN=C(NCCCCN1CC(C)CC(C)C1)NCc1ccccn1. The minimum absolute atomic E-state index is 0.698. The number of likely N-dealkylation sites (tertiary alicyclic amines) is 1.